The molecule has 2 rings (SSSR count). The van der Waals surface area contributed by atoms with Crippen molar-refractivity contribution in [3.8, 4) is 0 Å². The summed E-state index contributed by atoms with van der Waals surface area (Å²) in [4.78, 5) is 19.9. The van der Waals surface area contributed by atoms with E-state index in [4.69, 9.17) is 0 Å². The minimum atomic E-state index is -0.202. The van der Waals surface area contributed by atoms with Gasteiger partial charge in [0.25, 0.3) is 0 Å². The number of nitrogens with one attached hydrogen (secondary N) is 1. The van der Waals surface area contributed by atoms with E-state index in [1.165, 1.54) is 7.11 Å². The third kappa shape index (κ3) is 4.57. The lowest BCUT2D eigenvalue weighted by Crippen LogP contribution is -2.05. The quantitative estimate of drug-likeness (QED) is 0.796. The molecule has 0 radical (unpaired) electrons. The van der Waals surface area contributed by atoms with E-state index >= 15 is 0 Å². The molecule has 5 nitrogen and oxygen atoms in total. The van der Waals surface area contributed by atoms with Gasteiger partial charge in [-0.25, -0.2) is 9.97 Å². The van der Waals surface area contributed by atoms with Crippen LogP contribution in [0.3, 0.4) is 0 Å². The topological polar surface area (TPSA) is 64.1 Å². The largest absolute Gasteiger partial charge is 0.469 e. The Balaban J connectivity index is 1.73. The summed E-state index contributed by atoms with van der Waals surface area (Å²) in [6.45, 7) is 2.82. The van der Waals surface area contributed by atoms with Crippen LogP contribution in [0, 0.1) is 6.92 Å². The average molecular weight is 311 g/mol. The maximum Gasteiger partial charge on any atom is 0.305 e. The molecule has 0 saturated carbocycles. The predicted molar refractivity (Wildman–Crippen MR) is 81.5 cm³/mol. The second-order valence-electron chi connectivity index (χ2n) is 4.25. The van der Waals surface area contributed by atoms with E-state index in [-0.39, 0.29) is 5.97 Å². The molecule has 0 aliphatic rings. The molecule has 2 aromatic heterocycles. The van der Waals surface area contributed by atoms with Crippen LogP contribution >= 0.6 is 22.7 Å². The van der Waals surface area contributed by atoms with Gasteiger partial charge in [-0.1, -0.05) is 0 Å². The van der Waals surface area contributed by atoms with Crippen molar-refractivity contribution in [2.75, 3.05) is 19.0 Å². The molecule has 20 heavy (non-hydrogen) atoms. The summed E-state index contributed by atoms with van der Waals surface area (Å²) in [6, 6.07) is 0. The molecule has 0 aromatic carbocycles. The first-order valence-corrected chi connectivity index (χ1v) is 8.09. The minimum Gasteiger partial charge on any atom is -0.469 e. The molecule has 2 heterocycles. The van der Waals surface area contributed by atoms with E-state index < -0.39 is 0 Å². The number of hydrogen-bond acceptors (Lipinski definition) is 7. The summed E-state index contributed by atoms with van der Waals surface area (Å²) in [5, 5.41) is 9.32. The highest BCUT2D eigenvalue weighted by Gasteiger charge is 2.06. The first-order valence-electron chi connectivity index (χ1n) is 6.33. The summed E-state index contributed by atoms with van der Waals surface area (Å²) in [7, 11) is 1.40. The number of thiazole rings is 2. The Bertz CT molecular complexity index is 565. The van der Waals surface area contributed by atoms with Crippen molar-refractivity contribution in [3.05, 3.63) is 27.2 Å². The lowest BCUT2D eigenvalue weighted by Gasteiger charge is -2.00. The van der Waals surface area contributed by atoms with Gasteiger partial charge >= 0.3 is 5.97 Å². The Morgan fingerprint density at radius 3 is 2.70 bits per heavy atom. The number of rotatable bonds is 7. The third-order valence-corrected chi connectivity index (χ3v) is 4.36. The molecular weight excluding hydrogens is 294 g/mol. The molecule has 0 saturated heterocycles. The number of carbonyl (C=O) groups is 1. The van der Waals surface area contributed by atoms with Crippen molar-refractivity contribution >= 4 is 33.8 Å². The fourth-order valence-electron chi connectivity index (χ4n) is 1.66. The van der Waals surface area contributed by atoms with Crippen LogP contribution in [0.25, 0.3) is 0 Å². The number of nitrogens with zero attached hydrogens (tertiary/aromatic N) is 2. The van der Waals surface area contributed by atoms with Gasteiger partial charge in [0.15, 0.2) is 5.13 Å². The number of carbonyl (C=O) groups excluding carboxylic acids is 1. The second kappa shape index (κ2) is 7.35. The van der Waals surface area contributed by atoms with Crippen molar-refractivity contribution in [1.82, 2.24) is 9.97 Å². The van der Waals surface area contributed by atoms with E-state index in [1.54, 1.807) is 22.7 Å². The molecule has 7 heteroatoms. The normalized spacial score (nSPS) is 10.5. The Kier molecular flexibility index (Phi) is 5.49. The van der Waals surface area contributed by atoms with E-state index in [0.29, 0.717) is 12.8 Å². The highest BCUT2D eigenvalue weighted by atomic mass is 32.1. The zero-order valence-electron chi connectivity index (χ0n) is 11.5. The van der Waals surface area contributed by atoms with Crippen molar-refractivity contribution in [2.45, 2.75) is 26.2 Å². The third-order valence-electron chi connectivity index (χ3n) is 2.69. The number of methoxy groups -OCH3 is 1. The monoisotopic (exact) mass is 311 g/mol. The summed E-state index contributed by atoms with van der Waals surface area (Å²) >= 11 is 3.23. The van der Waals surface area contributed by atoms with Crippen LogP contribution in [-0.2, 0) is 22.4 Å². The Labute approximate surface area is 126 Å². The van der Waals surface area contributed by atoms with Gasteiger partial charge in [0.05, 0.1) is 29.9 Å². The summed E-state index contributed by atoms with van der Waals surface area (Å²) in [5.41, 5.74) is 2.04. The van der Waals surface area contributed by atoms with Crippen LogP contribution in [0.2, 0.25) is 0 Å². The molecule has 0 bridgehead atoms. The zero-order valence-corrected chi connectivity index (χ0v) is 13.1. The standard InChI is InChI=1S/C13H17N3O2S2/c1-9-15-11(7-19-9)5-6-14-13-16-10(8-20-13)3-4-12(17)18-2/h7-8H,3-6H2,1-2H3,(H,14,16). The van der Waals surface area contributed by atoms with Crippen LogP contribution in [0.15, 0.2) is 10.8 Å². The molecule has 2 aromatic rings. The molecule has 0 fully saturated rings. The fraction of sp³-hybridized carbons (Fsp3) is 0.462. The number of esters is 1. The van der Waals surface area contributed by atoms with Gasteiger partial charge in [0.1, 0.15) is 0 Å². The molecule has 108 valence electrons. The number of aromatic nitrogens is 2. The summed E-state index contributed by atoms with van der Waals surface area (Å²) < 4.78 is 4.61. The number of ether oxygens (including phenoxy) is 1. The van der Waals surface area contributed by atoms with Crippen LogP contribution < -0.4 is 5.32 Å². The van der Waals surface area contributed by atoms with E-state index in [2.05, 4.69) is 25.4 Å². The zero-order chi connectivity index (χ0) is 14.4. The first-order chi connectivity index (χ1) is 9.67. The van der Waals surface area contributed by atoms with E-state index in [1.807, 2.05) is 12.3 Å². The van der Waals surface area contributed by atoms with Crippen LogP contribution in [0.5, 0.6) is 0 Å². The van der Waals surface area contributed by atoms with Crippen LogP contribution in [0.4, 0.5) is 5.13 Å². The predicted octanol–water partition coefficient (Wildman–Crippen LogP) is 2.67. The number of hydrogen-bond donors (Lipinski definition) is 1. The SMILES string of the molecule is COC(=O)CCc1csc(NCCc2csc(C)n2)n1. The van der Waals surface area contributed by atoms with Crippen molar-refractivity contribution in [2.24, 2.45) is 0 Å². The molecule has 0 aliphatic heterocycles. The molecule has 0 atom stereocenters. The fourth-order valence-corrected chi connectivity index (χ4v) is 3.08. The molecule has 0 amide bonds. The summed E-state index contributed by atoms with van der Waals surface area (Å²) in [6.07, 6.45) is 1.88. The molecule has 0 unspecified atom stereocenters. The first kappa shape index (κ1) is 14.9. The van der Waals surface area contributed by atoms with Crippen molar-refractivity contribution in [1.29, 1.82) is 0 Å². The lowest BCUT2D eigenvalue weighted by atomic mass is 10.2. The minimum absolute atomic E-state index is 0.202. The Morgan fingerprint density at radius 1 is 1.25 bits per heavy atom. The highest BCUT2D eigenvalue weighted by molar-refractivity contribution is 7.13. The van der Waals surface area contributed by atoms with E-state index in [9.17, 15) is 4.79 Å². The van der Waals surface area contributed by atoms with Gasteiger partial charge in [-0.15, -0.1) is 22.7 Å². The second-order valence-corrected chi connectivity index (χ2v) is 6.18. The smallest absolute Gasteiger partial charge is 0.305 e. The summed E-state index contributed by atoms with van der Waals surface area (Å²) in [5.74, 6) is -0.202. The van der Waals surface area contributed by atoms with Crippen molar-refractivity contribution < 1.29 is 9.53 Å². The van der Waals surface area contributed by atoms with Gasteiger partial charge in [0, 0.05) is 30.1 Å². The van der Waals surface area contributed by atoms with Crippen LogP contribution in [0.1, 0.15) is 22.8 Å². The maximum atomic E-state index is 11.1. The van der Waals surface area contributed by atoms with Crippen molar-refractivity contribution in [3.63, 3.8) is 0 Å². The van der Waals surface area contributed by atoms with Gasteiger partial charge in [-0.2, -0.15) is 0 Å². The van der Waals surface area contributed by atoms with Crippen LogP contribution in [-0.4, -0.2) is 29.6 Å². The van der Waals surface area contributed by atoms with Gasteiger partial charge in [0.2, 0.25) is 0 Å². The maximum absolute atomic E-state index is 11.1. The molecule has 0 aliphatic carbocycles. The molecular formula is C13H17N3O2S2. The van der Waals surface area contributed by atoms with Gasteiger partial charge in [-0.3, -0.25) is 4.79 Å². The number of anilines is 1. The van der Waals surface area contributed by atoms with E-state index in [0.717, 1.165) is 34.5 Å². The molecule has 1 N–H and O–H groups in total. The van der Waals surface area contributed by atoms with Gasteiger partial charge in [-0.05, 0) is 6.92 Å². The Morgan fingerprint density at radius 2 is 2.00 bits per heavy atom. The van der Waals surface area contributed by atoms with Gasteiger partial charge < -0.3 is 10.1 Å². The average Bonchev–Trinajstić information content (AvgIpc) is 3.05. The lowest BCUT2D eigenvalue weighted by molar-refractivity contribution is -0.140. The highest BCUT2D eigenvalue weighted by Crippen LogP contribution is 2.17. The Hall–Kier alpha value is -1.47. The number of aryl methyl sites for hydroxylation is 2. The molecule has 0 spiro atoms.